The van der Waals surface area contributed by atoms with Crippen molar-refractivity contribution >= 4 is 11.8 Å². The third-order valence-corrected chi connectivity index (χ3v) is 5.86. The van der Waals surface area contributed by atoms with Gasteiger partial charge >= 0.3 is 0 Å². The van der Waals surface area contributed by atoms with E-state index in [1.54, 1.807) is 21.7 Å². The van der Waals surface area contributed by atoms with Crippen molar-refractivity contribution < 1.29 is 9.59 Å². The number of rotatable bonds is 4. The Kier molecular flexibility index (Phi) is 5.03. The molecule has 5 rings (SSSR count). The molecule has 0 radical (unpaired) electrons. The summed E-state index contributed by atoms with van der Waals surface area (Å²) >= 11 is 0. The normalized spacial score (nSPS) is 21.7. The van der Waals surface area contributed by atoms with Crippen molar-refractivity contribution in [2.24, 2.45) is 5.92 Å². The summed E-state index contributed by atoms with van der Waals surface area (Å²) in [5.74, 6) is -0.189. The van der Waals surface area contributed by atoms with Crippen LogP contribution in [-0.2, 0) is 17.9 Å². The van der Waals surface area contributed by atoms with Gasteiger partial charge in [-0.3, -0.25) is 14.4 Å². The smallest absolute Gasteiger partial charge is 0.254 e. The van der Waals surface area contributed by atoms with Gasteiger partial charge in [-0.2, -0.15) is 0 Å². The molecule has 0 spiro atoms. The molecule has 6 nitrogen and oxygen atoms in total. The SMILES string of the molecule is CCn1ccc(C(=O)N2C[C@@H]3CC[C@H](C2)N(Cc2ccccc2)C3=O)cc1=O. The van der Waals surface area contributed by atoms with Gasteiger partial charge in [-0.1, -0.05) is 30.3 Å². The molecule has 3 aliphatic heterocycles. The number of carbonyl (C=O) groups is 2. The van der Waals surface area contributed by atoms with Gasteiger partial charge in [0.05, 0.1) is 5.92 Å². The number of amides is 2. The molecule has 0 unspecified atom stereocenters. The number of aromatic nitrogens is 1. The van der Waals surface area contributed by atoms with Gasteiger partial charge in [0.1, 0.15) is 0 Å². The van der Waals surface area contributed by atoms with Crippen LogP contribution in [-0.4, -0.2) is 45.3 Å². The molecule has 2 amide bonds. The molecule has 146 valence electrons. The van der Waals surface area contributed by atoms with Crippen LogP contribution in [0.25, 0.3) is 0 Å². The molecule has 2 aromatic rings. The topological polar surface area (TPSA) is 62.6 Å². The van der Waals surface area contributed by atoms with E-state index < -0.39 is 0 Å². The van der Waals surface area contributed by atoms with Gasteiger partial charge in [0, 0.05) is 50.0 Å². The van der Waals surface area contributed by atoms with E-state index in [9.17, 15) is 14.4 Å². The minimum Gasteiger partial charge on any atom is -0.336 e. The summed E-state index contributed by atoms with van der Waals surface area (Å²) in [6.45, 7) is 3.99. The highest BCUT2D eigenvalue weighted by molar-refractivity contribution is 5.95. The van der Waals surface area contributed by atoms with E-state index >= 15 is 0 Å². The average molecular weight is 379 g/mol. The maximum absolute atomic E-state index is 13.0. The highest BCUT2D eigenvalue weighted by Crippen LogP contribution is 2.31. The molecule has 28 heavy (non-hydrogen) atoms. The second kappa shape index (κ2) is 7.62. The van der Waals surface area contributed by atoms with Gasteiger partial charge in [-0.15, -0.1) is 0 Å². The van der Waals surface area contributed by atoms with Crippen LogP contribution in [0.5, 0.6) is 0 Å². The Bertz CT molecular complexity index is 938. The van der Waals surface area contributed by atoms with Crippen molar-refractivity contribution in [2.75, 3.05) is 13.1 Å². The first-order chi connectivity index (χ1) is 13.6. The minimum absolute atomic E-state index is 0.0198. The Balaban J connectivity index is 1.55. The first-order valence-corrected chi connectivity index (χ1v) is 9.91. The van der Waals surface area contributed by atoms with E-state index in [-0.39, 0.29) is 29.3 Å². The number of nitrogens with zero attached hydrogens (tertiary/aromatic N) is 3. The van der Waals surface area contributed by atoms with Crippen molar-refractivity contribution in [3.8, 4) is 0 Å². The Morgan fingerprint density at radius 2 is 1.86 bits per heavy atom. The Morgan fingerprint density at radius 3 is 2.57 bits per heavy atom. The van der Waals surface area contributed by atoms with E-state index in [1.807, 2.05) is 42.2 Å². The molecule has 1 aromatic heterocycles. The van der Waals surface area contributed by atoms with Gasteiger partial charge in [0.15, 0.2) is 0 Å². The van der Waals surface area contributed by atoms with Crippen molar-refractivity contribution in [3.05, 3.63) is 70.1 Å². The summed E-state index contributed by atoms with van der Waals surface area (Å²) in [7, 11) is 0. The first-order valence-electron chi connectivity index (χ1n) is 9.91. The fraction of sp³-hybridized carbons (Fsp3) is 0.409. The maximum Gasteiger partial charge on any atom is 0.254 e. The first kappa shape index (κ1) is 18.5. The second-order valence-electron chi connectivity index (χ2n) is 7.63. The molecule has 3 saturated heterocycles. The molecule has 0 aliphatic carbocycles. The number of aryl methyl sites for hydroxylation is 1. The van der Waals surface area contributed by atoms with E-state index in [4.69, 9.17) is 0 Å². The lowest BCUT2D eigenvalue weighted by atomic mass is 9.93. The fourth-order valence-corrected chi connectivity index (χ4v) is 4.28. The van der Waals surface area contributed by atoms with E-state index in [0.717, 1.165) is 18.4 Å². The number of hydrogen-bond donors (Lipinski definition) is 0. The minimum atomic E-state index is -0.173. The molecular weight excluding hydrogens is 354 g/mol. The molecule has 4 heterocycles. The van der Waals surface area contributed by atoms with Crippen LogP contribution in [0.4, 0.5) is 0 Å². The standard InChI is InChI=1S/C22H25N3O3/c1-2-23-11-10-17(12-20(23)26)21(27)24-14-18-8-9-19(15-24)25(22(18)28)13-16-6-4-3-5-7-16/h3-7,10-12,18-19H,2,8-9,13-15H2,1H3/t18-,19+/m0/s1. The highest BCUT2D eigenvalue weighted by Gasteiger charge is 2.41. The van der Waals surface area contributed by atoms with Gasteiger partial charge < -0.3 is 14.4 Å². The lowest BCUT2D eigenvalue weighted by Gasteiger charge is -2.36. The van der Waals surface area contributed by atoms with Crippen molar-refractivity contribution in [1.82, 2.24) is 14.4 Å². The molecular formula is C22H25N3O3. The maximum atomic E-state index is 13.0. The summed E-state index contributed by atoms with van der Waals surface area (Å²) in [5.41, 5.74) is 1.33. The number of piperidine rings is 1. The van der Waals surface area contributed by atoms with Gasteiger partial charge in [-0.25, -0.2) is 0 Å². The lowest BCUT2D eigenvalue weighted by Crippen LogP contribution is -2.47. The predicted molar refractivity (Wildman–Crippen MR) is 106 cm³/mol. The predicted octanol–water partition coefficient (Wildman–Crippen LogP) is 2.13. The molecule has 6 heteroatoms. The van der Waals surface area contributed by atoms with Crippen LogP contribution < -0.4 is 5.56 Å². The summed E-state index contributed by atoms with van der Waals surface area (Å²) in [4.78, 5) is 41.8. The monoisotopic (exact) mass is 379 g/mol. The molecule has 1 aromatic carbocycles. The summed E-state index contributed by atoms with van der Waals surface area (Å²) in [6, 6.07) is 13.1. The number of pyridine rings is 1. The highest BCUT2D eigenvalue weighted by atomic mass is 16.2. The molecule has 3 aliphatic rings. The van der Waals surface area contributed by atoms with Crippen molar-refractivity contribution in [3.63, 3.8) is 0 Å². The third kappa shape index (κ3) is 3.46. The molecule has 2 bridgehead atoms. The van der Waals surface area contributed by atoms with Crippen LogP contribution in [0.3, 0.4) is 0 Å². The Hall–Kier alpha value is -2.89. The number of benzene rings is 1. The second-order valence-corrected chi connectivity index (χ2v) is 7.63. The van der Waals surface area contributed by atoms with Gasteiger partial charge in [0.2, 0.25) is 5.91 Å². The van der Waals surface area contributed by atoms with Crippen LogP contribution in [0.2, 0.25) is 0 Å². The zero-order valence-corrected chi connectivity index (χ0v) is 16.1. The molecule has 2 atom stereocenters. The average Bonchev–Trinajstić information content (AvgIpc) is 3.00. The fourth-order valence-electron chi connectivity index (χ4n) is 4.28. The summed E-state index contributed by atoms with van der Waals surface area (Å²) in [5, 5.41) is 0. The summed E-state index contributed by atoms with van der Waals surface area (Å²) in [6.07, 6.45) is 3.38. The van der Waals surface area contributed by atoms with Gasteiger partial charge in [0.25, 0.3) is 11.5 Å². The zero-order chi connectivity index (χ0) is 19.7. The zero-order valence-electron chi connectivity index (χ0n) is 16.1. The lowest BCUT2D eigenvalue weighted by molar-refractivity contribution is -0.140. The molecule has 3 fully saturated rings. The largest absolute Gasteiger partial charge is 0.336 e. The van der Waals surface area contributed by atoms with Crippen LogP contribution in [0, 0.1) is 5.92 Å². The van der Waals surface area contributed by atoms with E-state index in [0.29, 0.717) is 31.7 Å². The third-order valence-electron chi connectivity index (χ3n) is 5.86. The molecule has 0 saturated carbocycles. The van der Waals surface area contributed by atoms with Crippen LogP contribution in [0.15, 0.2) is 53.5 Å². The Morgan fingerprint density at radius 1 is 1.07 bits per heavy atom. The number of carbonyl (C=O) groups excluding carboxylic acids is 2. The van der Waals surface area contributed by atoms with Crippen LogP contribution >= 0.6 is 0 Å². The quantitative estimate of drug-likeness (QED) is 0.818. The van der Waals surface area contributed by atoms with Gasteiger partial charge in [-0.05, 0) is 31.4 Å². The van der Waals surface area contributed by atoms with Crippen LogP contribution in [0.1, 0.15) is 35.7 Å². The molecule has 0 N–H and O–H groups in total. The van der Waals surface area contributed by atoms with E-state index in [1.165, 1.54) is 6.07 Å². The summed E-state index contributed by atoms with van der Waals surface area (Å²) < 4.78 is 1.56. The van der Waals surface area contributed by atoms with Crippen molar-refractivity contribution in [1.29, 1.82) is 0 Å². The number of hydrogen-bond acceptors (Lipinski definition) is 3. The number of fused-ring (bicyclic) bond motifs is 4. The van der Waals surface area contributed by atoms with Crippen molar-refractivity contribution in [2.45, 2.75) is 38.9 Å². The van der Waals surface area contributed by atoms with E-state index in [2.05, 4.69) is 0 Å². The Labute approximate surface area is 164 Å².